The Morgan fingerprint density at radius 1 is 1.14 bits per heavy atom. The van der Waals surface area contributed by atoms with Gasteiger partial charge in [0, 0.05) is 19.1 Å². The Hall–Kier alpha value is -0.610. The summed E-state index contributed by atoms with van der Waals surface area (Å²) in [4.78, 5) is 14.4. The van der Waals surface area contributed by atoms with Gasteiger partial charge < -0.3 is 15.0 Å². The molecule has 1 heterocycles. The third-order valence-electron chi connectivity index (χ3n) is 4.73. The summed E-state index contributed by atoms with van der Waals surface area (Å²) in [7, 11) is 0. The summed E-state index contributed by atoms with van der Waals surface area (Å²) in [5, 5.41) is 3.60. The van der Waals surface area contributed by atoms with E-state index in [-0.39, 0.29) is 11.9 Å². The molecule has 0 bridgehead atoms. The van der Waals surface area contributed by atoms with E-state index in [1.165, 1.54) is 6.42 Å². The van der Waals surface area contributed by atoms with Gasteiger partial charge in [0.2, 0.25) is 5.91 Å². The molecular formula is C17H32N2O2. The lowest BCUT2D eigenvalue weighted by atomic mass is 9.63. The molecule has 0 aromatic rings. The topological polar surface area (TPSA) is 41.6 Å². The van der Waals surface area contributed by atoms with Gasteiger partial charge in [-0.3, -0.25) is 4.79 Å². The van der Waals surface area contributed by atoms with E-state index in [9.17, 15) is 4.79 Å². The highest BCUT2D eigenvalue weighted by Gasteiger charge is 2.39. The Labute approximate surface area is 129 Å². The first kappa shape index (κ1) is 16.8. The number of nitrogens with one attached hydrogen (secondary N) is 1. The van der Waals surface area contributed by atoms with Crippen molar-refractivity contribution in [2.24, 2.45) is 10.8 Å². The highest BCUT2D eigenvalue weighted by Crippen LogP contribution is 2.45. The normalized spacial score (nSPS) is 27.4. The fourth-order valence-electron chi connectivity index (χ4n) is 4.45. The van der Waals surface area contributed by atoms with Crippen LogP contribution in [0, 0.1) is 10.8 Å². The molecule has 0 radical (unpaired) electrons. The summed E-state index contributed by atoms with van der Waals surface area (Å²) in [5.41, 5.74) is 0.697. The van der Waals surface area contributed by atoms with Crippen LogP contribution in [0.25, 0.3) is 0 Å². The van der Waals surface area contributed by atoms with Crippen molar-refractivity contribution in [3.63, 3.8) is 0 Å². The number of nitrogens with zero attached hydrogens (tertiary/aromatic N) is 1. The summed E-state index contributed by atoms with van der Waals surface area (Å²) in [6.07, 6.45) is 3.55. The zero-order valence-electron chi connectivity index (χ0n) is 14.4. The Balaban J connectivity index is 1.92. The number of amides is 1. The van der Waals surface area contributed by atoms with Gasteiger partial charge in [0.05, 0.1) is 19.3 Å². The van der Waals surface area contributed by atoms with E-state index in [2.05, 4.69) is 33.0 Å². The van der Waals surface area contributed by atoms with E-state index < -0.39 is 0 Å². The van der Waals surface area contributed by atoms with Gasteiger partial charge in [-0.05, 0) is 37.0 Å². The minimum Gasteiger partial charge on any atom is -0.378 e. The standard InChI is InChI=1S/C17H32N2O2/c1-13(15(20)19-6-8-21-9-7-19)18-14-10-16(2,3)12-17(4,5)11-14/h13-14,18H,6-12H2,1-5H3. The molecule has 2 aliphatic rings. The van der Waals surface area contributed by atoms with Crippen LogP contribution in [-0.2, 0) is 9.53 Å². The van der Waals surface area contributed by atoms with E-state index in [4.69, 9.17) is 4.74 Å². The van der Waals surface area contributed by atoms with Crippen molar-refractivity contribution in [3.8, 4) is 0 Å². The van der Waals surface area contributed by atoms with Crippen LogP contribution in [0.2, 0.25) is 0 Å². The molecule has 1 saturated heterocycles. The lowest BCUT2D eigenvalue weighted by Crippen LogP contribution is -2.54. The van der Waals surface area contributed by atoms with Gasteiger partial charge >= 0.3 is 0 Å². The van der Waals surface area contributed by atoms with E-state index in [0.29, 0.717) is 30.1 Å². The second-order valence-electron chi connectivity index (χ2n) is 8.44. The molecule has 122 valence electrons. The molecule has 1 N–H and O–H groups in total. The lowest BCUT2D eigenvalue weighted by molar-refractivity contribution is -0.137. The van der Waals surface area contributed by atoms with Crippen LogP contribution in [0.15, 0.2) is 0 Å². The monoisotopic (exact) mass is 296 g/mol. The van der Waals surface area contributed by atoms with E-state index >= 15 is 0 Å². The molecule has 1 aliphatic carbocycles. The van der Waals surface area contributed by atoms with Gasteiger partial charge in [-0.1, -0.05) is 27.7 Å². The molecule has 2 rings (SSSR count). The second-order valence-corrected chi connectivity index (χ2v) is 8.44. The predicted octanol–water partition coefficient (Wildman–Crippen LogP) is 2.43. The fourth-order valence-corrected chi connectivity index (χ4v) is 4.45. The Bertz CT molecular complexity index is 357. The average Bonchev–Trinajstić information content (AvgIpc) is 2.35. The minimum absolute atomic E-state index is 0.0993. The maximum Gasteiger partial charge on any atom is 0.239 e. The van der Waals surface area contributed by atoms with Gasteiger partial charge in [-0.25, -0.2) is 0 Å². The van der Waals surface area contributed by atoms with E-state index in [1.54, 1.807) is 0 Å². The first-order valence-corrected chi connectivity index (χ1v) is 8.31. The van der Waals surface area contributed by atoms with Crippen molar-refractivity contribution in [1.29, 1.82) is 0 Å². The second kappa shape index (κ2) is 6.25. The molecule has 21 heavy (non-hydrogen) atoms. The van der Waals surface area contributed by atoms with Crippen LogP contribution in [-0.4, -0.2) is 49.2 Å². The van der Waals surface area contributed by atoms with Crippen molar-refractivity contribution in [2.45, 2.75) is 66.0 Å². The molecule has 1 atom stereocenters. The predicted molar refractivity (Wildman–Crippen MR) is 85.2 cm³/mol. The van der Waals surface area contributed by atoms with Crippen LogP contribution in [0.3, 0.4) is 0 Å². The highest BCUT2D eigenvalue weighted by atomic mass is 16.5. The Morgan fingerprint density at radius 3 is 2.19 bits per heavy atom. The smallest absolute Gasteiger partial charge is 0.239 e. The quantitative estimate of drug-likeness (QED) is 0.869. The van der Waals surface area contributed by atoms with Crippen molar-refractivity contribution in [1.82, 2.24) is 10.2 Å². The Morgan fingerprint density at radius 2 is 1.67 bits per heavy atom. The summed E-state index contributed by atoms with van der Waals surface area (Å²) in [6, 6.07) is 0.335. The summed E-state index contributed by atoms with van der Waals surface area (Å²) in [6.45, 7) is 14.2. The maximum absolute atomic E-state index is 12.5. The van der Waals surface area contributed by atoms with Gasteiger partial charge in [0.1, 0.15) is 0 Å². The average molecular weight is 296 g/mol. The third-order valence-corrected chi connectivity index (χ3v) is 4.73. The first-order chi connectivity index (χ1) is 9.69. The van der Waals surface area contributed by atoms with E-state index in [1.807, 2.05) is 11.8 Å². The maximum atomic E-state index is 12.5. The number of ether oxygens (including phenoxy) is 1. The number of morpholine rings is 1. The molecule has 0 aromatic heterocycles. The highest BCUT2D eigenvalue weighted by molar-refractivity contribution is 5.81. The van der Waals surface area contributed by atoms with Crippen molar-refractivity contribution >= 4 is 5.91 Å². The largest absolute Gasteiger partial charge is 0.378 e. The number of hydrogen-bond donors (Lipinski definition) is 1. The van der Waals surface area contributed by atoms with Gasteiger partial charge in [0.15, 0.2) is 0 Å². The lowest BCUT2D eigenvalue weighted by Gasteiger charge is -2.46. The molecule has 1 unspecified atom stereocenters. The zero-order chi connectivity index (χ0) is 15.7. The zero-order valence-corrected chi connectivity index (χ0v) is 14.4. The van der Waals surface area contributed by atoms with Crippen LogP contribution in [0.1, 0.15) is 53.9 Å². The summed E-state index contributed by atoms with van der Waals surface area (Å²) >= 11 is 0. The van der Waals surface area contributed by atoms with Gasteiger partial charge in [-0.15, -0.1) is 0 Å². The van der Waals surface area contributed by atoms with Crippen molar-refractivity contribution in [2.75, 3.05) is 26.3 Å². The van der Waals surface area contributed by atoms with Crippen LogP contribution < -0.4 is 5.32 Å². The molecule has 0 spiro atoms. The molecule has 4 heteroatoms. The van der Waals surface area contributed by atoms with Crippen molar-refractivity contribution in [3.05, 3.63) is 0 Å². The molecular weight excluding hydrogens is 264 g/mol. The molecule has 1 aliphatic heterocycles. The van der Waals surface area contributed by atoms with Crippen molar-refractivity contribution < 1.29 is 9.53 Å². The Kier molecular flexibility index (Phi) is 4.99. The third kappa shape index (κ3) is 4.68. The summed E-state index contributed by atoms with van der Waals surface area (Å²) in [5.74, 6) is 0.222. The van der Waals surface area contributed by atoms with Crippen LogP contribution >= 0.6 is 0 Å². The fraction of sp³-hybridized carbons (Fsp3) is 0.941. The number of carbonyl (C=O) groups is 1. The van der Waals surface area contributed by atoms with Gasteiger partial charge in [-0.2, -0.15) is 0 Å². The van der Waals surface area contributed by atoms with Crippen LogP contribution in [0.5, 0.6) is 0 Å². The minimum atomic E-state index is -0.0993. The molecule has 1 saturated carbocycles. The number of hydrogen-bond acceptors (Lipinski definition) is 3. The molecule has 4 nitrogen and oxygen atoms in total. The van der Waals surface area contributed by atoms with Gasteiger partial charge in [0.25, 0.3) is 0 Å². The first-order valence-electron chi connectivity index (χ1n) is 8.31. The van der Waals surface area contributed by atoms with Crippen LogP contribution in [0.4, 0.5) is 0 Å². The number of rotatable bonds is 3. The molecule has 0 aromatic carbocycles. The summed E-state index contributed by atoms with van der Waals surface area (Å²) < 4.78 is 5.32. The SMILES string of the molecule is CC(NC1CC(C)(C)CC(C)(C)C1)C(=O)N1CCOCC1. The number of carbonyl (C=O) groups excluding carboxylic acids is 1. The molecule has 1 amide bonds. The molecule has 2 fully saturated rings. The van der Waals surface area contributed by atoms with E-state index in [0.717, 1.165) is 25.9 Å².